The molecular formula is C15H22N2O4. The molecular weight excluding hydrogens is 272 g/mol. The number of hydrogen-bond acceptors (Lipinski definition) is 4. The van der Waals surface area contributed by atoms with Crippen LogP contribution < -0.4 is 15.4 Å². The van der Waals surface area contributed by atoms with Gasteiger partial charge in [0, 0.05) is 13.1 Å². The van der Waals surface area contributed by atoms with Gasteiger partial charge in [0.05, 0.1) is 0 Å². The molecule has 0 aliphatic heterocycles. The van der Waals surface area contributed by atoms with Crippen LogP contribution in [0, 0.1) is 0 Å². The van der Waals surface area contributed by atoms with E-state index in [0.29, 0.717) is 25.3 Å². The predicted molar refractivity (Wildman–Crippen MR) is 79.3 cm³/mol. The molecule has 0 saturated heterocycles. The Balaban J connectivity index is 2.09. The van der Waals surface area contributed by atoms with Gasteiger partial charge < -0.3 is 20.1 Å². The number of rotatable bonds is 5. The number of hydrogen-bond donors (Lipinski definition) is 2. The second kappa shape index (κ2) is 8.14. The molecule has 0 aliphatic rings. The van der Waals surface area contributed by atoms with Gasteiger partial charge in [-0.05, 0) is 39.3 Å². The zero-order valence-electron chi connectivity index (χ0n) is 12.6. The van der Waals surface area contributed by atoms with Crippen molar-refractivity contribution < 1.29 is 19.1 Å². The maximum absolute atomic E-state index is 11.5. The average Bonchev–Trinajstić information content (AvgIpc) is 2.37. The fourth-order valence-electron chi connectivity index (χ4n) is 1.42. The SMILES string of the molecule is CC(C)(C)OC(=O)NCCCNC(=O)Oc1ccccc1. The predicted octanol–water partition coefficient (Wildman–Crippen LogP) is 2.69. The number of para-hydroxylation sites is 1. The standard InChI is InChI=1S/C15H22N2O4/c1-15(2,3)21-14(19)17-11-7-10-16-13(18)20-12-8-5-4-6-9-12/h4-6,8-9H,7,10-11H2,1-3H3,(H,16,18)(H,17,19). The minimum absolute atomic E-state index is 0.404. The molecule has 0 bridgehead atoms. The van der Waals surface area contributed by atoms with Gasteiger partial charge in [0.15, 0.2) is 0 Å². The van der Waals surface area contributed by atoms with Gasteiger partial charge in [0.1, 0.15) is 11.4 Å². The van der Waals surface area contributed by atoms with Crippen molar-refractivity contribution >= 4 is 12.2 Å². The van der Waals surface area contributed by atoms with E-state index < -0.39 is 17.8 Å². The van der Waals surface area contributed by atoms with Gasteiger partial charge in [-0.15, -0.1) is 0 Å². The number of amides is 2. The Labute approximate surface area is 124 Å². The molecule has 1 aromatic rings. The summed E-state index contributed by atoms with van der Waals surface area (Å²) in [6.45, 7) is 6.22. The van der Waals surface area contributed by atoms with E-state index in [-0.39, 0.29) is 0 Å². The van der Waals surface area contributed by atoms with Crippen LogP contribution in [-0.2, 0) is 4.74 Å². The first-order valence-corrected chi connectivity index (χ1v) is 6.84. The number of alkyl carbamates (subject to hydrolysis) is 1. The molecule has 0 aromatic heterocycles. The van der Waals surface area contributed by atoms with Crippen molar-refractivity contribution in [2.45, 2.75) is 32.8 Å². The van der Waals surface area contributed by atoms with Crippen LogP contribution in [0.25, 0.3) is 0 Å². The van der Waals surface area contributed by atoms with Crippen LogP contribution >= 0.6 is 0 Å². The fourth-order valence-corrected chi connectivity index (χ4v) is 1.42. The summed E-state index contributed by atoms with van der Waals surface area (Å²) in [6.07, 6.45) is -0.392. The van der Waals surface area contributed by atoms with E-state index in [1.807, 2.05) is 6.07 Å². The van der Waals surface area contributed by atoms with Crippen LogP contribution in [0.5, 0.6) is 5.75 Å². The van der Waals surface area contributed by atoms with Gasteiger partial charge in [-0.2, -0.15) is 0 Å². The highest BCUT2D eigenvalue weighted by molar-refractivity contribution is 5.70. The van der Waals surface area contributed by atoms with Crippen molar-refractivity contribution in [3.63, 3.8) is 0 Å². The van der Waals surface area contributed by atoms with E-state index in [1.165, 1.54) is 0 Å². The van der Waals surface area contributed by atoms with Crippen LogP contribution in [0.4, 0.5) is 9.59 Å². The first-order chi connectivity index (χ1) is 9.87. The highest BCUT2D eigenvalue weighted by Gasteiger charge is 2.15. The van der Waals surface area contributed by atoms with Crippen molar-refractivity contribution in [3.8, 4) is 5.75 Å². The molecule has 0 atom stereocenters. The lowest BCUT2D eigenvalue weighted by Crippen LogP contribution is -2.35. The highest BCUT2D eigenvalue weighted by Crippen LogP contribution is 2.08. The maximum Gasteiger partial charge on any atom is 0.412 e. The lowest BCUT2D eigenvalue weighted by molar-refractivity contribution is 0.0527. The first-order valence-electron chi connectivity index (χ1n) is 6.84. The van der Waals surface area contributed by atoms with Crippen LogP contribution in [0.2, 0.25) is 0 Å². The van der Waals surface area contributed by atoms with Gasteiger partial charge in [-0.3, -0.25) is 0 Å². The molecule has 0 heterocycles. The van der Waals surface area contributed by atoms with E-state index in [0.717, 1.165) is 0 Å². The minimum Gasteiger partial charge on any atom is -0.444 e. The average molecular weight is 294 g/mol. The van der Waals surface area contributed by atoms with E-state index in [2.05, 4.69) is 10.6 Å². The summed E-state index contributed by atoms with van der Waals surface area (Å²) >= 11 is 0. The fraction of sp³-hybridized carbons (Fsp3) is 0.467. The Kier molecular flexibility index (Phi) is 6.52. The number of carbonyl (C=O) groups excluding carboxylic acids is 2. The van der Waals surface area contributed by atoms with E-state index in [4.69, 9.17) is 9.47 Å². The van der Waals surface area contributed by atoms with Crippen molar-refractivity contribution in [1.29, 1.82) is 0 Å². The molecule has 0 radical (unpaired) electrons. The lowest BCUT2D eigenvalue weighted by atomic mass is 10.2. The molecule has 0 saturated carbocycles. The molecule has 2 N–H and O–H groups in total. The molecule has 2 amide bonds. The Hall–Kier alpha value is -2.24. The Morgan fingerprint density at radius 3 is 2.14 bits per heavy atom. The third-order valence-corrected chi connectivity index (χ3v) is 2.24. The number of carbonyl (C=O) groups is 2. The number of nitrogens with one attached hydrogen (secondary N) is 2. The van der Waals surface area contributed by atoms with E-state index in [1.54, 1.807) is 45.0 Å². The third-order valence-electron chi connectivity index (χ3n) is 2.24. The zero-order chi connectivity index (χ0) is 15.7. The largest absolute Gasteiger partial charge is 0.444 e. The second-order valence-electron chi connectivity index (χ2n) is 5.41. The van der Waals surface area contributed by atoms with Crippen molar-refractivity contribution in [2.24, 2.45) is 0 Å². The molecule has 6 heteroatoms. The van der Waals surface area contributed by atoms with Gasteiger partial charge in [0.2, 0.25) is 0 Å². The Bertz CT molecular complexity index is 454. The summed E-state index contributed by atoms with van der Waals surface area (Å²) < 4.78 is 10.1. The van der Waals surface area contributed by atoms with Gasteiger partial charge in [-0.1, -0.05) is 18.2 Å². The summed E-state index contributed by atoms with van der Waals surface area (Å²) in [5.41, 5.74) is -0.512. The summed E-state index contributed by atoms with van der Waals surface area (Å²) in [5.74, 6) is 0.488. The monoisotopic (exact) mass is 294 g/mol. The van der Waals surface area contributed by atoms with Crippen LogP contribution in [-0.4, -0.2) is 30.9 Å². The van der Waals surface area contributed by atoms with Crippen molar-refractivity contribution in [2.75, 3.05) is 13.1 Å². The summed E-state index contributed by atoms with van der Waals surface area (Å²) in [7, 11) is 0. The summed E-state index contributed by atoms with van der Waals surface area (Å²) in [6, 6.07) is 8.81. The number of ether oxygens (including phenoxy) is 2. The molecule has 1 rings (SSSR count). The maximum atomic E-state index is 11.5. The molecule has 6 nitrogen and oxygen atoms in total. The van der Waals surface area contributed by atoms with Crippen molar-refractivity contribution in [3.05, 3.63) is 30.3 Å². The molecule has 0 aliphatic carbocycles. The normalized spacial score (nSPS) is 10.6. The van der Waals surface area contributed by atoms with Gasteiger partial charge in [-0.25, -0.2) is 9.59 Å². The van der Waals surface area contributed by atoms with Crippen LogP contribution in [0.3, 0.4) is 0 Å². The van der Waals surface area contributed by atoms with E-state index >= 15 is 0 Å². The summed E-state index contributed by atoms with van der Waals surface area (Å²) in [4.78, 5) is 22.8. The van der Waals surface area contributed by atoms with E-state index in [9.17, 15) is 9.59 Å². The van der Waals surface area contributed by atoms with Crippen LogP contribution in [0.1, 0.15) is 27.2 Å². The Morgan fingerprint density at radius 2 is 1.57 bits per heavy atom. The first kappa shape index (κ1) is 16.8. The molecule has 0 fully saturated rings. The molecule has 1 aromatic carbocycles. The Morgan fingerprint density at radius 1 is 1.00 bits per heavy atom. The van der Waals surface area contributed by atoms with Crippen LogP contribution in [0.15, 0.2) is 30.3 Å². The topological polar surface area (TPSA) is 76.7 Å². The summed E-state index contributed by atoms with van der Waals surface area (Å²) in [5, 5.41) is 5.21. The zero-order valence-corrected chi connectivity index (χ0v) is 12.6. The quantitative estimate of drug-likeness (QED) is 0.819. The molecule has 0 spiro atoms. The smallest absolute Gasteiger partial charge is 0.412 e. The molecule has 0 unspecified atom stereocenters. The van der Waals surface area contributed by atoms with Gasteiger partial charge in [0.25, 0.3) is 0 Å². The minimum atomic E-state index is -0.515. The lowest BCUT2D eigenvalue weighted by Gasteiger charge is -2.19. The van der Waals surface area contributed by atoms with Crippen molar-refractivity contribution in [1.82, 2.24) is 10.6 Å². The molecule has 21 heavy (non-hydrogen) atoms. The second-order valence-corrected chi connectivity index (χ2v) is 5.41. The van der Waals surface area contributed by atoms with Gasteiger partial charge >= 0.3 is 12.2 Å². The molecule has 116 valence electrons. The number of benzene rings is 1. The highest BCUT2D eigenvalue weighted by atomic mass is 16.6. The third kappa shape index (κ3) is 8.52.